The van der Waals surface area contributed by atoms with E-state index < -0.39 is 51.8 Å². The van der Waals surface area contributed by atoms with Gasteiger partial charge < -0.3 is 24.6 Å². The summed E-state index contributed by atoms with van der Waals surface area (Å²) < 4.78 is 32.4. The van der Waals surface area contributed by atoms with Crippen LogP contribution in [0.15, 0.2) is 60.8 Å². The molecule has 0 saturated carbocycles. The number of aliphatic hydroxyl groups excluding tert-OH is 2. The maximum absolute atomic E-state index is 12.5. The Labute approximate surface area is 289 Å². The third-order valence-electron chi connectivity index (χ3n) is 6.92. The predicted octanol–water partition coefficient (Wildman–Crippen LogP) is 8.38. The molecule has 10 nitrogen and oxygen atoms in total. The molecule has 0 spiro atoms. The van der Waals surface area contributed by atoms with Crippen LogP contribution in [0.25, 0.3) is 0 Å². The summed E-state index contributed by atoms with van der Waals surface area (Å²) in [5.41, 5.74) is 0. The molecular formula is C37H63O10P. The molecule has 0 aromatic carbocycles. The van der Waals surface area contributed by atoms with Crippen LogP contribution in [0, 0.1) is 0 Å². The Hall–Kier alpha value is -2.33. The standard InChI is InChI=1S/C37H63O10P/c1-3-5-7-9-11-13-15-17-19-21-23-25-27-29-37(41)47-35(33-46-48(42,43)45-31-34(39)30-38)32-44-36(40)28-26-24-22-20-18-16-14-12-10-8-6-4-2/h5,7,11-14,17,19,23,25,34-35,38-39H,3-4,6,8-10,15-16,18,20-22,24,26-33H2,1-2H3,(H,42,43)/b7-5-,13-11-,14-12-,19-17-,25-23-. The van der Waals surface area contributed by atoms with E-state index in [1.165, 1.54) is 19.3 Å². The number of rotatable bonds is 32. The highest BCUT2D eigenvalue weighted by Crippen LogP contribution is 2.43. The molecule has 0 heterocycles. The van der Waals surface area contributed by atoms with E-state index in [-0.39, 0.29) is 19.4 Å². The molecule has 0 aliphatic heterocycles. The van der Waals surface area contributed by atoms with Gasteiger partial charge in [0.2, 0.25) is 0 Å². The second kappa shape index (κ2) is 33.2. The summed E-state index contributed by atoms with van der Waals surface area (Å²) in [6.45, 7) is 2.10. The van der Waals surface area contributed by atoms with Gasteiger partial charge in [-0.05, 0) is 64.2 Å². The molecule has 0 bridgehead atoms. The highest BCUT2D eigenvalue weighted by molar-refractivity contribution is 7.47. The van der Waals surface area contributed by atoms with Crippen molar-refractivity contribution in [2.75, 3.05) is 26.4 Å². The van der Waals surface area contributed by atoms with E-state index in [0.29, 0.717) is 12.8 Å². The maximum atomic E-state index is 12.5. The van der Waals surface area contributed by atoms with Gasteiger partial charge in [-0.3, -0.25) is 18.6 Å². The average molecular weight is 699 g/mol. The zero-order valence-corrected chi connectivity index (χ0v) is 30.3. The van der Waals surface area contributed by atoms with E-state index in [1.807, 2.05) is 18.2 Å². The molecule has 0 aromatic rings. The van der Waals surface area contributed by atoms with Crippen molar-refractivity contribution in [3.63, 3.8) is 0 Å². The number of carbonyl (C=O) groups is 2. The Bertz CT molecular complexity index is 989. The molecule has 0 radical (unpaired) electrons. The van der Waals surface area contributed by atoms with Crippen LogP contribution in [-0.2, 0) is 32.7 Å². The lowest BCUT2D eigenvalue weighted by atomic mass is 10.1. The minimum absolute atomic E-state index is 0.0588. The number of esters is 2. The second-order valence-corrected chi connectivity index (χ2v) is 13.0. The summed E-state index contributed by atoms with van der Waals surface area (Å²) in [6.07, 6.45) is 33.6. The van der Waals surface area contributed by atoms with Gasteiger partial charge in [-0.1, -0.05) is 107 Å². The normalized spacial score (nSPS) is 14.9. The van der Waals surface area contributed by atoms with Crippen LogP contribution in [0.5, 0.6) is 0 Å². The van der Waals surface area contributed by atoms with Gasteiger partial charge in [0, 0.05) is 12.8 Å². The summed E-state index contributed by atoms with van der Waals surface area (Å²) >= 11 is 0. The van der Waals surface area contributed by atoms with Crippen molar-refractivity contribution in [1.29, 1.82) is 0 Å². The number of allylic oxidation sites excluding steroid dienone is 10. The zero-order valence-electron chi connectivity index (χ0n) is 29.4. The Kier molecular flexibility index (Phi) is 31.6. The van der Waals surface area contributed by atoms with Gasteiger partial charge in [-0.15, -0.1) is 0 Å². The van der Waals surface area contributed by atoms with Gasteiger partial charge >= 0.3 is 19.8 Å². The fraction of sp³-hybridized carbons (Fsp3) is 0.676. The molecule has 3 atom stereocenters. The Morgan fingerprint density at radius 3 is 1.81 bits per heavy atom. The molecule has 0 aliphatic rings. The van der Waals surface area contributed by atoms with Gasteiger partial charge in [0.05, 0.1) is 19.8 Å². The lowest BCUT2D eigenvalue weighted by Crippen LogP contribution is -2.29. The molecule has 48 heavy (non-hydrogen) atoms. The number of phosphoric acid groups is 1. The van der Waals surface area contributed by atoms with Crippen LogP contribution in [-0.4, -0.2) is 65.7 Å². The van der Waals surface area contributed by atoms with Gasteiger partial charge in [-0.2, -0.15) is 0 Å². The summed E-state index contributed by atoms with van der Waals surface area (Å²) in [5.74, 6) is -1.04. The molecule has 0 fully saturated rings. The van der Waals surface area contributed by atoms with Gasteiger partial charge in [-0.25, -0.2) is 4.57 Å². The molecule has 0 aromatic heterocycles. The number of hydrogen-bond acceptors (Lipinski definition) is 9. The molecule has 0 saturated heterocycles. The number of hydrogen-bond donors (Lipinski definition) is 3. The van der Waals surface area contributed by atoms with Crippen molar-refractivity contribution < 1.29 is 47.8 Å². The largest absolute Gasteiger partial charge is 0.472 e. The summed E-state index contributed by atoms with van der Waals surface area (Å²) in [7, 11) is -4.63. The molecule has 11 heteroatoms. The molecule has 3 N–H and O–H groups in total. The van der Waals surface area contributed by atoms with Crippen LogP contribution in [0.2, 0.25) is 0 Å². The van der Waals surface area contributed by atoms with Gasteiger partial charge in [0.15, 0.2) is 6.10 Å². The van der Waals surface area contributed by atoms with Crippen molar-refractivity contribution in [3.05, 3.63) is 60.8 Å². The van der Waals surface area contributed by atoms with Crippen LogP contribution in [0.1, 0.15) is 123 Å². The summed E-state index contributed by atoms with van der Waals surface area (Å²) in [4.78, 5) is 34.7. The third kappa shape index (κ3) is 32.2. The van der Waals surface area contributed by atoms with Crippen LogP contribution < -0.4 is 0 Å². The molecule has 3 unspecified atom stereocenters. The monoisotopic (exact) mass is 698 g/mol. The molecule has 0 amide bonds. The van der Waals surface area contributed by atoms with E-state index in [2.05, 4.69) is 60.9 Å². The molecule has 0 rings (SSSR count). The lowest BCUT2D eigenvalue weighted by Gasteiger charge is -2.20. The SMILES string of the molecule is CC/C=C\C/C=C\C/C=C\C/C=C\CCC(=O)OC(COC(=O)CCCCCCC/C=C\CCCCC)COP(=O)(O)OCC(O)CO. The lowest BCUT2D eigenvalue weighted by molar-refractivity contribution is -0.161. The first-order valence-corrected chi connectivity index (χ1v) is 19.2. The zero-order chi connectivity index (χ0) is 35.6. The number of phosphoric ester groups is 1. The fourth-order valence-corrected chi connectivity index (χ4v) is 4.96. The predicted molar refractivity (Wildman–Crippen MR) is 191 cm³/mol. The minimum Gasteiger partial charge on any atom is -0.462 e. The number of aliphatic hydroxyl groups is 2. The number of carbonyl (C=O) groups excluding carboxylic acids is 2. The first-order valence-electron chi connectivity index (χ1n) is 17.7. The van der Waals surface area contributed by atoms with Crippen molar-refractivity contribution in [1.82, 2.24) is 0 Å². The van der Waals surface area contributed by atoms with Crippen LogP contribution >= 0.6 is 7.82 Å². The van der Waals surface area contributed by atoms with Crippen LogP contribution in [0.3, 0.4) is 0 Å². The smallest absolute Gasteiger partial charge is 0.462 e. The molecular weight excluding hydrogens is 635 g/mol. The van der Waals surface area contributed by atoms with Crippen molar-refractivity contribution in [2.24, 2.45) is 0 Å². The van der Waals surface area contributed by atoms with E-state index in [4.69, 9.17) is 19.1 Å². The van der Waals surface area contributed by atoms with E-state index in [1.54, 1.807) is 0 Å². The quantitative estimate of drug-likeness (QED) is 0.0271. The first-order chi connectivity index (χ1) is 23.2. The van der Waals surface area contributed by atoms with Crippen LogP contribution in [0.4, 0.5) is 0 Å². The Balaban J connectivity index is 4.56. The number of unbranched alkanes of at least 4 members (excludes halogenated alkanes) is 8. The van der Waals surface area contributed by atoms with Gasteiger partial charge in [0.1, 0.15) is 12.7 Å². The average Bonchev–Trinajstić information content (AvgIpc) is 3.07. The minimum atomic E-state index is -4.63. The fourth-order valence-electron chi connectivity index (χ4n) is 4.18. The first kappa shape index (κ1) is 45.7. The molecule has 276 valence electrons. The second-order valence-electron chi connectivity index (χ2n) is 11.5. The summed E-state index contributed by atoms with van der Waals surface area (Å²) in [5, 5.41) is 18.2. The van der Waals surface area contributed by atoms with Crippen molar-refractivity contribution in [3.8, 4) is 0 Å². The van der Waals surface area contributed by atoms with Gasteiger partial charge in [0.25, 0.3) is 0 Å². The number of ether oxygens (including phenoxy) is 2. The Morgan fingerprint density at radius 2 is 1.19 bits per heavy atom. The maximum Gasteiger partial charge on any atom is 0.472 e. The van der Waals surface area contributed by atoms with Crippen molar-refractivity contribution in [2.45, 2.75) is 135 Å². The Morgan fingerprint density at radius 1 is 0.646 bits per heavy atom. The van der Waals surface area contributed by atoms with E-state index in [0.717, 1.165) is 64.2 Å². The summed E-state index contributed by atoms with van der Waals surface area (Å²) in [6, 6.07) is 0. The highest BCUT2D eigenvalue weighted by atomic mass is 31.2. The van der Waals surface area contributed by atoms with Crippen molar-refractivity contribution >= 4 is 19.8 Å². The topological polar surface area (TPSA) is 149 Å². The highest BCUT2D eigenvalue weighted by Gasteiger charge is 2.27. The van der Waals surface area contributed by atoms with E-state index >= 15 is 0 Å². The van der Waals surface area contributed by atoms with E-state index in [9.17, 15) is 24.2 Å². The third-order valence-corrected chi connectivity index (χ3v) is 7.87. The molecule has 0 aliphatic carbocycles.